The van der Waals surface area contributed by atoms with Gasteiger partial charge in [-0.05, 0) is 87.4 Å². The SMILES string of the molecule is CC(C)C[C@H]1OC(=O)[C@H](C(C)C)NC(=O)[C@H](C)OC(=O)[C@@H](C(C)C)NC(=O)[C@@H](CC(C)C)OC(=O)[C@H](C(C)C)CC(=O)[C@H](C)OC(=O)[C@@H](C(C)C)NC(=O)[C@@H](CC(C)C)OC(=O)[C@H](C(C)C)NC(=O)[C@H](C)OC(=O)CCC1=O. The number of carbonyl (C=O) groups excluding carboxylic acids is 12. The van der Waals surface area contributed by atoms with Gasteiger partial charge in [-0.1, -0.05) is 111 Å². The van der Waals surface area contributed by atoms with Gasteiger partial charge in [0.15, 0.2) is 48.2 Å². The van der Waals surface area contributed by atoms with Crippen molar-refractivity contribution in [2.75, 3.05) is 0 Å². The van der Waals surface area contributed by atoms with Gasteiger partial charge in [0.25, 0.3) is 23.6 Å². The number of ether oxygens (including phenoxy) is 6. The normalized spacial score (nSPS) is 28.0. The largest absolute Gasteiger partial charge is 0.453 e. The van der Waals surface area contributed by atoms with Crippen molar-refractivity contribution in [1.82, 2.24) is 21.3 Å². The number of hydrogen-bond acceptors (Lipinski definition) is 18. The summed E-state index contributed by atoms with van der Waals surface area (Å²) in [6, 6.07) is -5.43. The molecule has 0 aromatic heterocycles. The van der Waals surface area contributed by atoms with Crippen LogP contribution in [0.15, 0.2) is 0 Å². The number of rotatable bonds is 11. The summed E-state index contributed by atoms with van der Waals surface area (Å²) in [7, 11) is 0. The molecule has 0 aromatic carbocycles. The second-order valence-electron chi connectivity index (χ2n) is 23.4. The first kappa shape index (κ1) is 70.1. The second-order valence-corrected chi connectivity index (χ2v) is 23.4. The zero-order valence-corrected chi connectivity index (χ0v) is 49.6. The molecule has 0 saturated carbocycles. The van der Waals surface area contributed by atoms with E-state index in [1.807, 2.05) is 0 Å². The highest BCUT2D eigenvalue weighted by atomic mass is 16.6. The first-order valence-corrected chi connectivity index (χ1v) is 27.5. The molecule has 11 atom stereocenters. The van der Waals surface area contributed by atoms with Crippen LogP contribution in [-0.4, -0.2) is 132 Å². The molecule has 4 amide bonds. The lowest BCUT2D eigenvalue weighted by atomic mass is 9.89. The Kier molecular flexibility index (Phi) is 29.5. The molecule has 78 heavy (non-hydrogen) atoms. The van der Waals surface area contributed by atoms with E-state index in [-0.39, 0.29) is 37.0 Å². The van der Waals surface area contributed by atoms with Crippen molar-refractivity contribution in [2.24, 2.45) is 53.3 Å². The standard InChI is InChI=1S/C56H92N4O18/c1-26(2)22-40-38(61)20-21-43(63)73-35(18)48(64)57-47(33(15)16)56(72)78-42(24-28(5)6)51(67)59-44(30(9)10)53(69)74-34(17)39(62)25-37(29(7)8)52(68)77-41(23-27(3)4)50(66)60-45(31(11)12)54(70)75-36(19)49(65)58-46(32(13)14)55(71)76-40/h26-37,40-42,44-47H,20-25H2,1-19H3,(H,57,64)(H,58,65)(H,59,67)(H,60,66)/t34-,35-,36-,37-,40+,41+,42+,44+,45+,46-,47-/m0/s1. The maximum absolute atomic E-state index is 14.0. The molecule has 1 aliphatic rings. The maximum atomic E-state index is 14.0. The molecule has 0 radical (unpaired) electrons. The van der Waals surface area contributed by atoms with Gasteiger partial charge in [0.2, 0.25) is 0 Å². The maximum Gasteiger partial charge on any atom is 0.329 e. The predicted octanol–water partition coefficient (Wildman–Crippen LogP) is 4.81. The summed E-state index contributed by atoms with van der Waals surface area (Å²) in [6.07, 6.45) is -10.2. The summed E-state index contributed by atoms with van der Waals surface area (Å²) in [5.74, 6) is -15.5. The van der Waals surface area contributed by atoms with Crippen LogP contribution in [0.5, 0.6) is 0 Å². The van der Waals surface area contributed by atoms with E-state index in [2.05, 4.69) is 21.3 Å². The average Bonchev–Trinajstić information content (AvgIpc) is 3.31. The monoisotopic (exact) mass is 1110 g/mol. The lowest BCUT2D eigenvalue weighted by Gasteiger charge is -2.29. The molecule has 0 bridgehead atoms. The van der Waals surface area contributed by atoms with Crippen LogP contribution in [0, 0.1) is 53.3 Å². The molecule has 0 aromatic rings. The molecule has 0 aliphatic carbocycles. The minimum atomic E-state index is -1.53. The van der Waals surface area contributed by atoms with E-state index in [0.29, 0.717) is 0 Å². The Morgan fingerprint density at radius 3 is 1.01 bits per heavy atom. The first-order valence-electron chi connectivity index (χ1n) is 27.5. The lowest BCUT2D eigenvalue weighted by molar-refractivity contribution is -0.166. The summed E-state index contributed by atoms with van der Waals surface area (Å²) >= 11 is 0. The molecule has 22 nitrogen and oxygen atoms in total. The molecular weight excluding hydrogens is 1020 g/mol. The summed E-state index contributed by atoms with van der Waals surface area (Å²) < 4.78 is 33.6. The van der Waals surface area contributed by atoms with Crippen LogP contribution < -0.4 is 21.3 Å². The van der Waals surface area contributed by atoms with Crippen LogP contribution in [-0.2, 0) is 86.0 Å². The molecule has 1 saturated heterocycles. The summed E-state index contributed by atoms with van der Waals surface area (Å²) in [5.41, 5.74) is 0. The van der Waals surface area contributed by atoms with Gasteiger partial charge < -0.3 is 49.7 Å². The zero-order valence-electron chi connectivity index (χ0n) is 49.6. The van der Waals surface area contributed by atoms with Gasteiger partial charge in [0.05, 0.1) is 12.3 Å². The first-order chi connectivity index (χ1) is 36.0. The van der Waals surface area contributed by atoms with E-state index in [1.54, 1.807) is 111 Å². The fourth-order valence-corrected chi connectivity index (χ4v) is 7.91. The second kappa shape index (κ2) is 32.8. The van der Waals surface area contributed by atoms with Crippen molar-refractivity contribution in [3.8, 4) is 0 Å². The van der Waals surface area contributed by atoms with Crippen LogP contribution in [0.2, 0.25) is 0 Å². The fourth-order valence-electron chi connectivity index (χ4n) is 7.91. The summed E-state index contributed by atoms with van der Waals surface area (Å²) in [6.45, 7) is 30.6. The van der Waals surface area contributed by atoms with Crippen molar-refractivity contribution in [2.45, 2.75) is 231 Å². The van der Waals surface area contributed by atoms with Crippen LogP contribution in [0.3, 0.4) is 0 Å². The van der Waals surface area contributed by atoms with Crippen LogP contribution in [0.25, 0.3) is 0 Å². The van der Waals surface area contributed by atoms with Crippen LogP contribution in [0.1, 0.15) is 170 Å². The molecule has 22 heteroatoms. The van der Waals surface area contributed by atoms with Crippen molar-refractivity contribution in [1.29, 1.82) is 0 Å². The molecule has 1 rings (SSSR count). The molecule has 0 unspecified atom stereocenters. The third-order valence-corrected chi connectivity index (χ3v) is 12.8. The van der Waals surface area contributed by atoms with E-state index in [1.165, 1.54) is 20.8 Å². The molecular formula is C56H92N4O18. The Balaban J connectivity index is 3.82. The quantitative estimate of drug-likeness (QED) is 0.159. The number of cyclic esters (lactones) is 6. The van der Waals surface area contributed by atoms with E-state index >= 15 is 0 Å². The number of Topliss-reactive ketones (excluding diaryl/α,β-unsaturated/α-hetero) is 2. The molecule has 0 spiro atoms. The molecule has 1 heterocycles. The molecule has 444 valence electrons. The van der Waals surface area contributed by atoms with Gasteiger partial charge in [-0.3, -0.25) is 38.4 Å². The van der Waals surface area contributed by atoms with Crippen molar-refractivity contribution in [3.05, 3.63) is 0 Å². The third kappa shape index (κ3) is 23.6. The predicted molar refractivity (Wildman–Crippen MR) is 284 cm³/mol. The number of hydrogen-bond donors (Lipinski definition) is 4. The minimum absolute atomic E-state index is 0.000437. The highest BCUT2D eigenvalue weighted by Crippen LogP contribution is 2.24. The smallest absolute Gasteiger partial charge is 0.329 e. The Hall–Kier alpha value is -5.96. The van der Waals surface area contributed by atoms with Crippen molar-refractivity contribution < 1.29 is 86.0 Å². The third-order valence-electron chi connectivity index (χ3n) is 12.8. The van der Waals surface area contributed by atoms with Gasteiger partial charge in [-0.25, -0.2) is 19.2 Å². The van der Waals surface area contributed by atoms with Gasteiger partial charge in [-0.15, -0.1) is 0 Å². The Morgan fingerprint density at radius 2 is 0.654 bits per heavy atom. The average molecular weight is 1110 g/mol. The van der Waals surface area contributed by atoms with Crippen LogP contribution in [0.4, 0.5) is 0 Å². The Morgan fingerprint density at radius 1 is 0.346 bits per heavy atom. The van der Waals surface area contributed by atoms with E-state index in [9.17, 15) is 57.5 Å². The van der Waals surface area contributed by atoms with E-state index in [0.717, 1.165) is 0 Å². The fraction of sp³-hybridized carbons (Fsp3) is 0.786. The summed E-state index contributed by atoms with van der Waals surface area (Å²) in [5, 5.41) is 10.2. The number of amides is 4. The summed E-state index contributed by atoms with van der Waals surface area (Å²) in [4.78, 5) is 164. The van der Waals surface area contributed by atoms with Gasteiger partial charge in [0, 0.05) is 12.8 Å². The van der Waals surface area contributed by atoms with Gasteiger partial charge >= 0.3 is 35.8 Å². The molecule has 1 fully saturated rings. The number of nitrogens with one attached hydrogen (secondary N) is 4. The van der Waals surface area contributed by atoms with Crippen molar-refractivity contribution in [3.63, 3.8) is 0 Å². The molecule has 4 N–H and O–H groups in total. The molecule has 1 aliphatic heterocycles. The number of esters is 6. The number of ketones is 2. The van der Waals surface area contributed by atoms with Gasteiger partial charge in [-0.2, -0.15) is 0 Å². The van der Waals surface area contributed by atoms with E-state index in [4.69, 9.17) is 28.4 Å². The Bertz CT molecular complexity index is 2090. The van der Waals surface area contributed by atoms with Crippen LogP contribution >= 0.6 is 0 Å². The zero-order chi connectivity index (χ0) is 60.2. The topological polar surface area (TPSA) is 308 Å². The van der Waals surface area contributed by atoms with Crippen molar-refractivity contribution >= 4 is 71.0 Å². The Labute approximate surface area is 461 Å². The highest BCUT2D eigenvalue weighted by Gasteiger charge is 2.40. The van der Waals surface area contributed by atoms with Gasteiger partial charge in [0.1, 0.15) is 24.2 Å². The minimum Gasteiger partial charge on any atom is -0.453 e. The highest BCUT2D eigenvalue weighted by molar-refractivity contribution is 5.95. The van der Waals surface area contributed by atoms with E-state index < -0.39 is 187 Å². The number of carbonyl (C=O) groups is 12. The lowest BCUT2D eigenvalue weighted by Crippen LogP contribution is -2.53.